The number of carboxylic acids is 1. The molecule has 200 valence electrons. The maximum Gasteiger partial charge on any atom is 0.305 e. The van der Waals surface area contributed by atoms with Gasteiger partial charge in [0.1, 0.15) is 0 Å². The first kappa shape index (κ1) is 26.8. The molecule has 1 heterocycles. The third-order valence-corrected chi connectivity index (χ3v) is 7.40. The Morgan fingerprint density at radius 2 is 1.48 bits per heavy atom. The van der Waals surface area contributed by atoms with Crippen LogP contribution in [0.2, 0.25) is 0 Å². The minimum atomic E-state index is -0.943. The van der Waals surface area contributed by atoms with Crippen molar-refractivity contribution in [2.75, 3.05) is 11.4 Å². The van der Waals surface area contributed by atoms with Crippen molar-refractivity contribution in [1.82, 2.24) is 10.3 Å². The van der Waals surface area contributed by atoms with E-state index in [1.165, 1.54) is 16.7 Å². The third-order valence-electron chi connectivity index (χ3n) is 6.54. The van der Waals surface area contributed by atoms with Crippen LogP contribution in [-0.2, 0) is 11.3 Å². The normalized spacial score (nSPS) is 10.7. The van der Waals surface area contributed by atoms with Crippen LogP contribution >= 0.6 is 11.3 Å². The minimum absolute atomic E-state index is 0.0957. The monoisotopic (exact) mass is 547 g/mol. The average molecular weight is 548 g/mol. The molecule has 0 spiro atoms. The summed E-state index contributed by atoms with van der Waals surface area (Å²) < 4.78 is 0. The van der Waals surface area contributed by atoms with Crippen molar-refractivity contribution >= 4 is 34.0 Å². The first-order valence-electron chi connectivity index (χ1n) is 13.0. The van der Waals surface area contributed by atoms with Gasteiger partial charge in [-0.15, -0.1) is 11.3 Å². The Balaban J connectivity index is 1.36. The Labute approximate surface area is 237 Å². The molecule has 0 bridgehead atoms. The molecule has 0 unspecified atom stereocenters. The summed E-state index contributed by atoms with van der Waals surface area (Å²) in [5, 5.41) is 14.4. The number of aromatic nitrogens is 1. The maximum absolute atomic E-state index is 12.4. The number of hydrogen-bond donors (Lipinski definition) is 2. The zero-order chi connectivity index (χ0) is 27.9. The number of nitrogens with zero attached hydrogens (tertiary/aromatic N) is 2. The van der Waals surface area contributed by atoms with Crippen molar-refractivity contribution in [3.05, 3.63) is 125 Å². The third kappa shape index (κ3) is 6.62. The highest BCUT2D eigenvalue weighted by atomic mass is 32.1. The number of rotatable bonds is 10. The van der Waals surface area contributed by atoms with Gasteiger partial charge in [0.2, 0.25) is 0 Å². The highest BCUT2D eigenvalue weighted by Gasteiger charge is 2.16. The molecular weight excluding hydrogens is 518 g/mol. The van der Waals surface area contributed by atoms with E-state index >= 15 is 0 Å². The van der Waals surface area contributed by atoms with Crippen LogP contribution in [0.15, 0.2) is 109 Å². The number of hydrogen-bond acceptors (Lipinski definition) is 5. The van der Waals surface area contributed by atoms with Crippen LogP contribution in [0, 0.1) is 6.92 Å². The molecule has 6 nitrogen and oxygen atoms in total. The SMILES string of the molecule is Cc1ccc(N(Cc2ccc(C(=O)NCCC(=O)O)cc2)c2nc(-c3ccc(-c4ccccc4)cc3)cs2)cc1. The Morgan fingerprint density at radius 3 is 2.15 bits per heavy atom. The zero-order valence-corrected chi connectivity index (χ0v) is 22.9. The standard InChI is InChI=1S/C33H29N3O3S/c1-23-7-17-29(18-8-23)36(21-24-9-11-28(12-10-24)32(39)34-20-19-31(37)38)33-35-30(22-40-33)27-15-13-26(14-16-27)25-5-3-2-4-6-25/h2-18,22H,19-21H2,1H3,(H,34,39)(H,37,38). The van der Waals surface area contributed by atoms with Gasteiger partial charge in [0, 0.05) is 28.7 Å². The van der Waals surface area contributed by atoms with Gasteiger partial charge in [-0.3, -0.25) is 9.59 Å². The fraction of sp³-hybridized carbons (Fsp3) is 0.121. The van der Waals surface area contributed by atoms with E-state index < -0.39 is 5.97 Å². The quantitative estimate of drug-likeness (QED) is 0.191. The lowest BCUT2D eigenvalue weighted by atomic mass is 10.0. The van der Waals surface area contributed by atoms with Crippen LogP contribution in [0.5, 0.6) is 0 Å². The van der Waals surface area contributed by atoms with Gasteiger partial charge in [0.25, 0.3) is 5.91 Å². The van der Waals surface area contributed by atoms with Crippen LogP contribution in [0.25, 0.3) is 22.4 Å². The lowest BCUT2D eigenvalue weighted by Gasteiger charge is -2.22. The Bertz CT molecular complexity index is 1580. The number of anilines is 2. The highest BCUT2D eigenvalue weighted by Crippen LogP contribution is 2.34. The molecule has 4 aromatic carbocycles. The van der Waals surface area contributed by atoms with Crippen LogP contribution in [0.3, 0.4) is 0 Å². The van der Waals surface area contributed by atoms with Gasteiger partial charge in [0.05, 0.1) is 18.7 Å². The molecule has 40 heavy (non-hydrogen) atoms. The van der Waals surface area contributed by atoms with E-state index in [2.05, 4.69) is 83.2 Å². The lowest BCUT2D eigenvalue weighted by molar-refractivity contribution is -0.136. The van der Waals surface area contributed by atoms with Crippen LogP contribution in [-0.4, -0.2) is 28.5 Å². The van der Waals surface area contributed by atoms with Gasteiger partial charge >= 0.3 is 5.97 Å². The Hall–Kier alpha value is -4.75. The largest absolute Gasteiger partial charge is 0.481 e. The van der Waals surface area contributed by atoms with E-state index in [0.29, 0.717) is 12.1 Å². The summed E-state index contributed by atoms with van der Waals surface area (Å²) in [5.41, 5.74) is 8.05. The van der Waals surface area contributed by atoms with E-state index in [0.717, 1.165) is 27.6 Å². The smallest absolute Gasteiger partial charge is 0.305 e. The fourth-order valence-corrected chi connectivity index (χ4v) is 5.16. The van der Waals surface area contributed by atoms with Gasteiger partial charge in [-0.05, 0) is 47.9 Å². The molecule has 5 aromatic rings. The van der Waals surface area contributed by atoms with Gasteiger partial charge in [0.15, 0.2) is 5.13 Å². The van der Waals surface area contributed by atoms with Crippen molar-refractivity contribution < 1.29 is 14.7 Å². The second-order valence-electron chi connectivity index (χ2n) is 9.48. The second-order valence-corrected chi connectivity index (χ2v) is 10.3. The van der Waals surface area contributed by atoms with Gasteiger partial charge in [-0.25, -0.2) is 4.98 Å². The fourth-order valence-electron chi connectivity index (χ4n) is 4.31. The number of aryl methyl sites for hydroxylation is 1. The van der Waals surface area contributed by atoms with Crippen molar-refractivity contribution in [3.8, 4) is 22.4 Å². The molecule has 2 N–H and O–H groups in total. The summed E-state index contributed by atoms with van der Waals surface area (Å²) in [6, 6.07) is 34.5. The molecular formula is C33H29N3O3S. The summed E-state index contributed by atoms with van der Waals surface area (Å²) in [6.07, 6.45) is -0.109. The molecule has 5 rings (SSSR count). The first-order chi connectivity index (χ1) is 19.5. The summed E-state index contributed by atoms with van der Waals surface area (Å²) in [7, 11) is 0. The number of amides is 1. The number of carbonyl (C=O) groups excluding carboxylic acids is 1. The van der Waals surface area contributed by atoms with E-state index in [1.54, 1.807) is 23.5 Å². The van der Waals surface area contributed by atoms with Crippen molar-refractivity contribution in [2.24, 2.45) is 0 Å². The Kier molecular flexibility index (Phi) is 8.32. The molecule has 0 aliphatic rings. The van der Waals surface area contributed by atoms with E-state index in [4.69, 9.17) is 10.1 Å². The van der Waals surface area contributed by atoms with Crippen LogP contribution < -0.4 is 10.2 Å². The maximum atomic E-state index is 12.4. The predicted octanol–water partition coefficient (Wildman–Crippen LogP) is 7.33. The molecule has 0 saturated carbocycles. The number of carbonyl (C=O) groups is 2. The molecule has 0 aliphatic carbocycles. The molecule has 0 atom stereocenters. The summed E-state index contributed by atoms with van der Waals surface area (Å²) in [5.74, 6) is -1.23. The van der Waals surface area contributed by atoms with E-state index in [1.807, 2.05) is 30.3 Å². The Morgan fingerprint density at radius 1 is 0.825 bits per heavy atom. The minimum Gasteiger partial charge on any atom is -0.481 e. The zero-order valence-electron chi connectivity index (χ0n) is 22.1. The molecule has 0 aliphatic heterocycles. The molecule has 1 amide bonds. The average Bonchev–Trinajstić information content (AvgIpc) is 3.47. The van der Waals surface area contributed by atoms with Crippen molar-refractivity contribution in [1.29, 1.82) is 0 Å². The van der Waals surface area contributed by atoms with Crippen LogP contribution in [0.4, 0.5) is 10.8 Å². The molecule has 0 fully saturated rings. The molecule has 0 radical (unpaired) electrons. The predicted molar refractivity (Wildman–Crippen MR) is 161 cm³/mol. The topological polar surface area (TPSA) is 82.5 Å². The van der Waals surface area contributed by atoms with Gasteiger partial charge in [-0.1, -0.05) is 84.4 Å². The summed E-state index contributed by atoms with van der Waals surface area (Å²) in [4.78, 5) is 30.2. The molecule has 1 aromatic heterocycles. The number of aliphatic carboxylic acids is 1. The number of carboxylic acid groups (broad SMARTS) is 1. The van der Waals surface area contributed by atoms with Gasteiger partial charge < -0.3 is 15.3 Å². The van der Waals surface area contributed by atoms with Crippen LogP contribution in [0.1, 0.15) is 27.9 Å². The highest BCUT2D eigenvalue weighted by molar-refractivity contribution is 7.14. The number of nitrogens with one attached hydrogen (secondary N) is 1. The molecule has 7 heteroatoms. The van der Waals surface area contributed by atoms with Crippen molar-refractivity contribution in [2.45, 2.75) is 19.9 Å². The first-order valence-corrected chi connectivity index (χ1v) is 13.9. The lowest BCUT2D eigenvalue weighted by Crippen LogP contribution is -2.26. The van der Waals surface area contributed by atoms with Crippen molar-refractivity contribution in [3.63, 3.8) is 0 Å². The molecule has 0 saturated heterocycles. The number of thiazole rings is 1. The second kappa shape index (κ2) is 12.4. The van der Waals surface area contributed by atoms with E-state index in [9.17, 15) is 9.59 Å². The number of benzene rings is 4. The summed E-state index contributed by atoms with van der Waals surface area (Å²) in [6.45, 7) is 2.73. The summed E-state index contributed by atoms with van der Waals surface area (Å²) >= 11 is 1.59. The van der Waals surface area contributed by atoms with Gasteiger partial charge in [-0.2, -0.15) is 0 Å². The van der Waals surface area contributed by atoms with E-state index in [-0.39, 0.29) is 18.9 Å².